The predicted octanol–water partition coefficient (Wildman–Crippen LogP) is 13.2. The Morgan fingerprint density at radius 2 is 0.922 bits per heavy atom. The Kier molecular flexibility index (Phi) is 6.82. The first-order valence-corrected chi connectivity index (χ1v) is 17.8. The predicted molar refractivity (Wildman–Crippen MR) is 217 cm³/mol. The van der Waals surface area contributed by atoms with Gasteiger partial charge in [0.1, 0.15) is 5.82 Å². The van der Waals surface area contributed by atoms with Crippen LogP contribution >= 0.6 is 0 Å². The van der Waals surface area contributed by atoms with Gasteiger partial charge in [-0.25, -0.2) is 4.98 Å². The second-order valence-electron chi connectivity index (χ2n) is 13.4. The largest absolute Gasteiger partial charge is 0.296 e. The number of para-hydroxylation sites is 2. The molecule has 0 spiro atoms. The van der Waals surface area contributed by atoms with Crippen LogP contribution in [0.3, 0.4) is 0 Å². The molecule has 2 heteroatoms. The molecule has 0 aliphatic carbocycles. The number of rotatable bonds is 5. The summed E-state index contributed by atoms with van der Waals surface area (Å²) in [5.41, 5.74) is 10.7. The number of hydrogen-bond acceptors (Lipinski definition) is 1. The van der Waals surface area contributed by atoms with Gasteiger partial charge in [-0.1, -0.05) is 140 Å². The third-order valence-electron chi connectivity index (χ3n) is 10.5. The van der Waals surface area contributed by atoms with Crippen LogP contribution in [0.2, 0.25) is 0 Å². The summed E-state index contributed by atoms with van der Waals surface area (Å²) in [7, 11) is 0. The maximum atomic E-state index is 4.94. The Hall–Kier alpha value is -6.51. The van der Waals surface area contributed by atoms with Crippen molar-refractivity contribution in [1.29, 1.82) is 0 Å². The summed E-state index contributed by atoms with van der Waals surface area (Å²) in [6.45, 7) is 2.17. The van der Waals surface area contributed by atoms with E-state index in [1.54, 1.807) is 0 Å². The molecule has 2 nitrogen and oxygen atoms in total. The van der Waals surface area contributed by atoms with E-state index in [-0.39, 0.29) is 0 Å². The van der Waals surface area contributed by atoms with E-state index in [0.717, 1.165) is 29.0 Å². The molecule has 9 aromatic carbocycles. The fourth-order valence-electron chi connectivity index (χ4n) is 8.07. The maximum Gasteiger partial charge on any atom is 0.114 e. The highest BCUT2D eigenvalue weighted by Gasteiger charge is 2.19. The van der Waals surface area contributed by atoms with E-state index >= 15 is 0 Å². The Labute approximate surface area is 296 Å². The minimum atomic E-state index is 0.863. The summed E-state index contributed by atoms with van der Waals surface area (Å²) in [5.74, 6) is 1.07. The molecule has 1 aromatic heterocycles. The lowest BCUT2D eigenvalue weighted by molar-refractivity contribution is 0.908. The van der Waals surface area contributed by atoms with Crippen molar-refractivity contribution in [3.05, 3.63) is 182 Å². The average Bonchev–Trinajstić information content (AvgIpc) is 3.58. The van der Waals surface area contributed by atoms with Crippen molar-refractivity contribution in [3.8, 4) is 39.1 Å². The minimum Gasteiger partial charge on any atom is -0.296 e. The van der Waals surface area contributed by atoms with Gasteiger partial charge in [0, 0.05) is 12.1 Å². The Morgan fingerprint density at radius 1 is 0.412 bits per heavy atom. The van der Waals surface area contributed by atoms with Gasteiger partial charge in [0.25, 0.3) is 0 Å². The fourth-order valence-corrected chi connectivity index (χ4v) is 8.07. The molecule has 0 atom stereocenters. The van der Waals surface area contributed by atoms with Crippen molar-refractivity contribution in [1.82, 2.24) is 9.55 Å². The molecule has 0 aliphatic rings. The monoisotopic (exact) mass is 650 g/mol. The van der Waals surface area contributed by atoms with E-state index in [1.807, 2.05) is 0 Å². The van der Waals surface area contributed by atoms with E-state index in [0.29, 0.717) is 0 Å². The number of aryl methyl sites for hydroxylation is 1. The summed E-state index contributed by atoms with van der Waals surface area (Å²) in [5, 5.41) is 10.0. The van der Waals surface area contributed by atoms with Crippen LogP contribution in [0.1, 0.15) is 12.7 Å². The van der Waals surface area contributed by atoms with Crippen molar-refractivity contribution in [3.63, 3.8) is 0 Å². The first-order chi connectivity index (χ1) is 25.2. The minimum absolute atomic E-state index is 0.863. The van der Waals surface area contributed by atoms with Crippen LogP contribution < -0.4 is 0 Å². The van der Waals surface area contributed by atoms with E-state index in [2.05, 4.69) is 187 Å². The molecule has 0 unspecified atom stereocenters. The highest BCUT2D eigenvalue weighted by molar-refractivity contribution is 6.22. The highest BCUT2D eigenvalue weighted by Crippen LogP contribution is 2.45. The zero-order valence-corrected chi connectivity index (χ0v) is 28.3. The van der Waals surface area contributed by atoms with E-state index in [9.17, 15) is 0 Å². The van der Waals surface area contributed by atoms with Crippen molar-refractivity contribution >= 4 is 54.1 Å². The summed E-state index contributed by atoms with van der Waals surface area (Å²) in [6.07, 6.45) is 0.863. The normalized spacial score (nSPS) is 11.7. The molecular formula is C49H34N2. The molecule has 0 aliphatic heterocycles. The van der Waals surface area contributed by atoms with Gasteiger partial charge in [-0.05, 0) is 119 Å². The number of benzene rings is 9. The second-order valence-corrected chi connectivity index (χ2v) is 13.4. The van der Waals surface area contributed by atoms with Gasteiger partial charge in [-0.2, -0.15) is 0 Å². The van der Waals surface area contributed by atoms with Crippen molar-refractivity contribution in [2.24, 2.45) is 0 Å². The Balaban J connectivity index is 1.23. The third kappa shape index (κ3) is 4.83. The number of fused-ring (bicyclic) bond motifs is 5. The summed E-state index contributed by atoms with van der Waals surface area (Å²) >= 11 is 0. The SMILES string of the molecule is CCc1nc2ccccc2n1-c1ccc(-c2c3ccccc3c(-c3ccc4ccccc4c3)c3cc(-c4ccc5ccccc5c4)ccc23)cc1. The Morgan fingerprint density at radius 3 is 1.63 bits per heavy atom. The Bertz CT molecular complexity index is 2950. The molecule has 0 saturated carbocycles. The van der Waals surface area contributed by atoms with Crippen LogP contribution in [0, 0.1) is 0 Å². The summed E-state index contributed by atoms with van der Waals surface area (Å²) < 4.78 is 2.30. The highest BCUT2D eigenvalue weighted by atomic mass is 15.1. The topological polar surface area (TPSA) is 17.8 Å². The molecule has 0 fully saturated rings. The van der Waals surface area contributed by atoms with Gasteiger partial charge in [0.05, 0.1) is 11.0 Å². The first-order valence-electron chi connectivity index (χ1n) is 17.8. The zero-order chi connectivity index (χ0) is 33.9. The average molecular weight is 651 g/mol. The van der Waals surface area contributed by atoms with E-state index in [4.69, 9.17) is 4.98 Å². The van der Waals surface area contributed by atoms with Crippen molar-refractivity contribution in [2.75, 3.05) is 0 Å². The molecule has 240 valence electrons. The van der Waals surface area contributed by atoms with Crippen LogP contribution in [0.5, 0.6) is 0 Å². The van der Waals surface area contributed by atoms with Crippen LogP contribution in [-0.4, -0.2) is 9.55 Å². The molecule has 0 radical (unpaired) electrons. The lowest BCUT2D eigenvalue weighted by Crippen LogP contribution is -2.00. The van der Waals surface area contributed by atoms with Crippen LogP contribution in [-0.2, 0) is 6.42 Å². The van der Waals surface area contributed by atoms with Gasteiger partial charge in [0.2, 0.25) is 0 Å². The number of imidazole rings is 1. The molecule has 0 saturated heterocycles. The van der Waals surface area contributed by atoms with Gasteiger partial charge in [0.15, 0.2) is 0 Å². The zero-order valence-electron chi connectivity index (χ0n) is 28.3. The van der Waals surface area contributed by atoms with Crippen LogP contribution in [0.25, 0.3) is 93.2 Å². The molecule has 1 heterocycles. The van der Waals surface area contributed by atoms with Gasteiger partial charge >= 0.3 is 0 Å². The lowest BCUT2D eigenvalue weighted by Gasteiger charge is -2.19. The molecule has 0 bridgehead atoms. The number of hydrogen-bond donors (Lipinski definition) is 0. The van der Waals surface area contributed by atoms with Crippen LogP contribution in [0.15, 0.2) is 176 Å². The quantitative estimate of drug-likeness (QED) is 0.170. The number of nitrogens with zero attached hydrogens (tertiary/aromatic N) is 2. The van der Waals surface area contributed by atoms with Gasteiger partial charge in [-0.3, -0.25) is 4.57 Å². The lowest BCUT2D eigenvalue weighted by atomic mass is 9.84. The fraction of sp³-hybridized carbons (Fsp3) is 0.0408. The van der Waals surface area contributed by atoms with Crippen molar-refractivity contribution in [2.45, 2.75) is 13.3 Å². The molecular weight excluding hydrogens is 617 g/mol. The van der Waals surface area contributed by atoms with E-state index < -0.39 is 0 Å². The van der Waals surface area contributed by atoms with Gasteiger partial charge in [-0.15, -0.1) is 0 Å². The molecule has 10 rings (SSSR count). The molecule has 10 aromatic rings. The second kappa shape index (κ2) is 11.8. The van der Waals surface area contributed by atoms with Crippen molar-refractivity contribution < 1.29 is 0 Å². The maximum absolute atomic E-state index is 4.94. The van der Waals surface area contributed by atoms with Gasteiger partial charge < -0.3 is 0 Å². The smallest absolute Gasteiger partial charge is 0.114 e. The molecule has 0 N–H and O–H groups in total. The molecule has 0 amide bonds. The standard InChI is InChI=1S/C49H34N2/c1-2-47-50-45-17-9-10-18-46(45)51(47)40-26-23-34(24-27-40)48-41-15-7-8-16-42(41)49(39-22-20-33-12-4-6-14-36(33)30-39)44-31-38(25-28-43(44)48)37-21-19-32-11-3-5-13-35(32)29-37/h3-31H,2H2,1H3. The summed E-state index contributed by atoms with van der Waals surface area (Å²) in [4.78, 5) is 4.94. The van der Waals surface area contributed by atoms with Crippen LogP contribution in [0.4, 0.5) is 0 Å². The summed E-state index contributed by atoms with van der Waals surface area (Å²) in [6, 6.07) is 64.5. The number of aromatic nitrogens is 2. The molecule has 51 heavy (non-hydrogen) atoms. The van der Waals surface area contributed by atoms with E-state index in [1.165, 1.54) is 76.5 Å². The first kappa shape index (κ1) is 29.4. The third-order valence-corrected chi connectivity index (χ3v) is 10.5.